The van der Waals surface area contributed by atoms with E-state index in [2.05, 4.69) is 22.8 Å². The maximum Gasteiger partial charge on any atom is 0.344 e. The van der Waals surface area contributed by atoms with Crippen molar-refractivity contribution in [2.24, 2.45) is 0 Å². The first-order valence-corrected chi connectivity index (χ1v) is 6.98. The van der Waals surface area contributed by atoms with E-state index in [-0.39, 0.29) is 5.57 Å². The van der Waals surface area contributed by atoms with Crippen LogP contribution in [0.4, 0.5) is 5.82 Å². The lowest BCUT2D eigenvalue weighted by Gasteiger charge is -2.09. The van der Waals surface area contributed by atoms with Crippen molar-refractivity contribution in [2.45, 2.75) is 0 Å². The van der Waals surface area contributed by atoms with Gasteiger partial charge in [0, 0.05) is 22.3 Å². The van der Waals surface area contributed by atoms with Crippen LogP contribution in [0.2, 0.25) is 5.02 Å². The second-order valence-electron chi connectivity index (χ2n) is 4.51. The number of hydrogen-bond acceptors (Lipinski definition) is 3. The highest BCUT2D eigenvalue weighted by Crippen LogP contribution is 2.25. The van der Waals surface area contributed by atoms with Gasteiger partial charge in [0.05, 0.1) is 0 Å². The van der Waals surface area contributed by atoms with Gasteiger partial charge in [-0.15, -0.1) is 6.42 Å². The Balaban J connectivity index is 2.40. The molecule has 0 bridgehead atoms. The number of anilines is 1. The predicted octanol–water partition coefficient (Wildman–Crippen LogP) is 4.01. The zero-order valence-corrected chi connectivity index (χ0v) is 12.8. The van der Waals surface area contributed by atoms with Gasteiger partial charge >= 0.3 is 5.97 Å². The summed E-state index contributed by atoms with van der Waals surface area (Å²) in [6, 6.07) is 7.36. The topological polar surface area (TPSA) is 62.2 Å². The lowest BCUT2D eigenvalue weighted by atomic mass is 10.1. The van der Waals surface area contributed by atoms with Gasteiger partial charge in [-0.25, -0.2) is 9.78 Å². The van der Waals surface area contributed by atoms with Crippen LogP contribution in [0.15, 0.2) is 66.5 Å². The Labute approximate surface area is 138 Å². The summed E-state index contributed by atoms with van der Waals surface area (Å²) in [5.41, 5.74) is 0.402. The second kappa shape index (κ2) is 7.30. The molecule has 0 fully saturated rings. The maximum atomic E-state index is 10.9. The number of carboxylic acids is 1. The number of terminal acetylenes is 1. The number of pyridine rings is 1. The highest BCUT2D eigenvalue weighted by atomic mass is 35.5. The standard InChI is InChI=1S/C18H13ClN2O2/c1-3-12(18(22)23)6-8-15(4-2)21-17-16-11-14(19)7-5-13(16)9-10-20-17/h1,4-11H,2H2,(H,20,21)(H,22,23)/b12-6+,15-8+. The third-order valence-electron chi connectivity index (χ3n) is 3.03. The van der Waals surface area contributed by atoms with Crippen molar-refractivity contribution < 1.29 is 9.90 Å². The van der Waals surface area contributed by atoms with Gasteiger partial charge in [-0.05, 0) is 41.8 Å². The van der Waals surface area contributed by atoms with E-state index in [1.54, 1.807) is 18.3 Å². The zero-order valence-electron chi connectivity index (χ0n) is 12.1. The maximum absolute atomic E-state index is 10.9. The Morgan fingerprint density at radius 2 is 2.17 bits per heavy atom. The van der Waals surface area contributed by atoms with Crippen molar-refractivity contribution in [3.8, 4) is 12.3 Å². The molecule has 0 atom stereocenters. The summed E-state index contributed by atoms with van der Waals surface area (Å²) in [5, 5.41) is 14.4. The number of aromatic nitrogens is 1. The zero-order chi connectivity index (χ0) is 16.8. The van der Waals surface area contributed by atoms with Crippen molar-refractivity contribution in [1.29, 1.82) is 0 Å². The van der Waals surface area contributed by atoms with Crippen molar-refractivity contribution in [2.75, 3.05) is 5.32 Å². The van der Waals surface area contributed by atoms with Gasteiger partial charge in [-0.2, -0.15) is 0 Å². The molecule has 23 heavy (non-hydrogen) atoms. The molecule has 0 aliphatic carbocycles. The first-order chi connectivity index (χ1) is 11.0. The summed E-state index contributed by atoms with van der Waals surface area (Å²) >= 11 is 6.03. The molecule has 0 radical (unpaired) electrons. The fraction of sp³-hybridized carbons (Fsp3) is 0. The van der Waals surface area contributed by atoms with Crippen LogP contribution in [0.25, 0.3) is 10.8 Å². The van der Waals surface area contributed by atoms with E-state index in [1.807, 2.05) is 12.1 Å². The second-order valence-corrected chi connectivity index (χ2v) is 4.94. The fourth-order valence-electron chi connectivity index (χ4n) is 1.89. The minimum Gasteiger partial charge on any atom is -0.477 e. The summed E-state index contributed by atoms with van der Waals surface area (Å²) in [4.78, 5) is 15.2. The third kappa shape index (κ3) is 4.00. The highest BCUT2D eigenvalue weighted by Gasteiger charge is 2.05. The SMILES string of the molecule is C#C/C(=C\C=C(/C=C)Nc1nccc2ccc(Cl)cc12)C(=O)O. The van der Waals surface area contributed by atoms with Crippen molar-refractivity contribution in [3.63, 3.8) is 0 Å². The van der Waals surface area contributed by atoms with E-state index in [0.717, 1.165) is 10.8 Å². The van der Waals surface area contributed by atoms with Gasteiger partial charge in [-0.3, -0.25) is 0 Å². The average Bonchev–Trinajstić information content (AvgIpc) is 2.54. The van der Waals surface area contributed by atoms with Crippen LogP contribution in [-0.2, 0) is 4.79 Å². The number of hydrogen-bond donors (Lipinski definition) is 2. The molecular formula is C18H13ClN2O2. The van der Waals surface area contributed by atoms with Crippen LogP contribution in [0.1, 0.15) is 0 Å². The Bertz CT molecular complexity index is 876. The average molecular weight is 325 g/mol. The summed E-state index contributed by atoms with van der Waals surface area (Å²) < 4.78 is 0. The minimum absolute atomic E-state index is 0.153. The van der Waals surface area contributed by atoms with Crippen LogP contribution in [-0.4, -0.2) is 16.1 Å². The molecule has 2 N–H and O–H groups in total. The largest absolute Gasteiger partial charge is 0.477 e. The molecule has 1 heterocycles. The van der Waals surface area contributed by atoms with E-state index >= 15 is 0 Å². The number of benzene rings is 1. The first-order valence-electron chi connectivity index (χ1n) is 6.60. The normalized spacial score (nSPS) is 11.8. The summed E-state index contributed by atoms with van der Waals surface area (Å²) in [6.45, 7) is 3.69. The van der Waals surface area contributed by atoms with Crippen molar-refractivity contribution >= 4 is 34.2 Å². The fourth-order valence-corrected chi connectivity index (χ4v) is 2.06. The summed E-state index contributed by atoms with van der Waals surface area (Å²) in [7, 11) is 0. The van der Waals surface area contributed by atoms with Gasteiger partial charge in [0.2, 0.25) is 0 Å². The van der Waals surface area contributed by atoms with E-state index in [1.165, 1.54) is 18.2 Å². The van der Waals surface area contributed by atoms with E-state index in [9.17, 15) is 4.79 Å². The van der Waals surface area contributed by atoms with Crippen LogP contribution in [0.3, 0.4) is 0 Å². The van der Waals surface area contributed by atoms with Gasteiger partial charge in [0.25, 0.3) is 0 Å². The molecule has 1 aromatic heterocycles. The number of carboxylic acid groups (broad SMARTS) is 1. The van der Waals surface area contributed by atoms with Crippen LogP contribution in [0.5, 0.6) is 0 Å². The van der Waals surface area contributed by atoms with Crippen LogP contribution >= 0.6 is 11.6 Å². The van der Waals surface area contributed by atoms with Crippen LogP contribution in [0, 0.1) is 12.3 Å². The first kappa shape index (κ1) is 16.3. The number of rotatable bonds is 5. The monoisotopic (exact) mass is 324 g/mol. The summed E-state index contributed by atoms with van der Waals surface area (Å²) in [6.07, 6.45) is 11.2. The number of nitrogens with zero attached hydrogens (tertiary/aromatic N) is 1. The quantitative estimate of drug-likeness (QED) is 0.495. The lowest BCUT2D eigenvalue weighted by molar-refractivity contribution is -0.132. The lowest BCUT2D eigenvalue weighted by Crippen LogP contribution is -2.01. The molecule has 0 aliphatic heterocycles. The van der Waals surface area contributed by atoms with Crippen molar-refractivity contribution in [3.05, 3.63) is 71.6 Å². The smallest absolute Gasteiger partial charge is 0.344 e. The molecule has 2 aromatic rings. The Kier molecular flexibility index (Phi) is 5.19. The molecule has 0 saturated heterocycles. The molecule has 4 nitrogen and oxygen atoms in total. The molecule has 2 rings (SSSR count). The highest BCUT2D eigenvalue weighted by molar-refractivity contribution is 6.31. The number of aliphatic carboxylic acids is 1. The molecule has 0 saturated carbocycles. The molecule has 0 spiro atoms. The number of carbonyl (C=O) groups is 1. The Morgan fingerprint density at radius 3 is 2.83 bits per heavy atom. The molecule has 114 valence electrons. The predicted molar refractivity (Wildman–Crippen MR) is 93.2 cm³/mol. The molecule has 1 aromatic carbocycles. The minimum atomic E-state index is -1.16. The molecule has 5 heteroatoms. The number of fused-ring (bicyclic) bond motifs is 1. The van der Waals surface area contributed by atoms with E-state index in [0.29, 0.717) is 16.5 Å². The van der Waals surface area contributed by atoms with Crippen LogP contribution < -0.4 is 5.32 Å². The van der Waals surface area contributed by atoms with E-state index < -0.39 is 5.97 Å². The van der Waals surface area contributed by atoms with Gasteiger partial charge < -0.3 is 10.4 Å². The Hall–Kier alpha value is -3.03. The number of allylic oxidation sites excluding steroid dienone is 3. The third-order valence-corrected chi connectivity index (χ3v) is 3.26. The molecule has 0 unspecified atom stereocenters. The molecular weight excluding hydrogens is 312 g/mol. The number of nitrogens with one attached hydrogen (secondary N) is 1. The number of halogens is 1. The van der Waals surface area contributed by atoms with Gasteiger partial charge in [-0.1, -0.05) is 30.2 Å². The Morgan fingerprint density at radius 1 is 1.39 bits per heavy atom. The van der Waals surface area contributed by atoms with Gasteiger partial charge in [0.1, 0.15) is 11.4 Å². The summed E-state index contributed by atoms with van der Waals surface area (Å²) in [5.74, 6) is 1.52. The van der Waals surface area contributed by atoms with Gasteiger partial charge in [0.15, 0.2) is 0 Å². The molecule has 0 amide bonds. The van der Waals surface area contributed by atoms with E-state index in [4.69, 9.17) is 23.1 Å². The molecule has 0 aliphatic rings. The van der Waals surface area contributed by atoms with Crippen molar-refractivity contribution in [1.82, 2.24) is 4.98 Å².